The third-order valence-corrected chi connectivity index (χ3v) is 3.18. The van der Waals surface area contributed by atoms with Crippen molar-refractivity contribution in [2.75, 3.05) is 25.6 Å². The maximum Gasteiger partial charge on any atom is 0.170 e. The molecule has 0 aliphatic heterocycles. The van der Waals surface area contributed by atoms with Gasteiger partial charge in [0, 0.05) is 25.9 Å². The molecule has 0 saturated heterocycles. The summed E-state index contributed by atoms with van der Waals surface area (Å²) in [6.07, 6.45) is 0.879. The molecule has 0 spiro atoms. The third kappa shape index (κ3) is 4.88. The monoisotopic (exact) mass is 334 g/mol. The van der Waals surface area contributed by atoms with Crippen molar-refractivity contribution in [3.8, 4) is 0 Å². The Morgan fingerprint density at radius 2 is 2.22 bits per heavy atom. The van der Waals surface area contributed by atoms with Gasteiger partial charge < -0.3 is 15.4 Å². The van der Waals surface area contributed by atoms with E-state index in [2.05, 4.69) is 26.6 Å². The van der Waals surface area contributed by atoms with Gasteiger partial charge in [0.15, 0.2) is 5.11 Å². The number of ether oxygens (including phenoxy) is 1. The van der Waals surface area contributed by atoms with E-state index in [1.807, 2.05) is 6.92 Å². The van der Waals surface area contributed by atoms with Crippen molar-refractivity contribution in [1.29, 1.82) is 0 Å². The van der Waals surface area contributed by atoms with Gasteiger partial charge >= 0.3 is 0 Å². The number of aryl methyl sites for hydroxylation is 1. The van der Waals surface area contributed by atoms with Gasteiger partial charge in [-0.05, 0) is 59.2 Å². The molecule has 0 unspecified atom stereocenters. The molecule has 18 heavy (non-hydrogen) atoms. The number of halogens is 2. The number of benzene rings is 1. The minimum absolute atomic E-state index is 0.281. The van der Waals surface area contributed by atoms with E-state index < -0.39 is 0 Å². The zero-order chi connectivity index (χ0) is 13.5. The summed E-state index contributed by atoms with van der Waals surface area (Å²) in [7, 11) is 1.66. The highest BCUT2D eigenvalue weighted by atomic mass is 79.9. The van der Waals surface area contributed by atoms with E-state index in [4.69, 9.17) is 17.0 Å². The smallest absolute Gasteiger partial charge is 0.170 e. The summed E-state index contributed by atoms with van der Waals surface area (Å²) in [5.74, 6) is -0.281. The maximum absolute atomic E-state index is 13.2. The van der Waals surface area contributed by atoms with Crippen molar-refractivity contribution >= 4 is 38.9 Å². The van der Waals surface area contributed by atoms with Crippen LogP contribution in [0.4, 0.5) is 10.1 Å². The number of thiocarbonyl (C=S) groups is 1. The van der Waals surface area contributed by atoms with Gasteiger partial charge in [0.25, 0.3) is 0 Å². The molecule has 3 nitrogen and oxygen atoms in total. The third-order valence-electron chi connectivity index (χ3n) is 2.33. The fourth-order valence-corrected chi connectivity index (χ4v) is 1.92. The fourth-order valence-electron chi connectivity index (χ4n) is 1.37. The van der Waals surface area contributed by atoms with Gasteiger partial charge in [0.05, 0.1) is 4.47 Å². The van der Waals surface area contributed by atoms with Crippen LogP contribution in [0.15, 0.2) is 16.6 Å². The predicted molar refractivity (Wildman–Crippen MR) is 79.6 cm³/mol. The van der Waals surface area contributed by atoms with Crippen LogP contribution < -0.4 is 10.6 Å². The summed E-state index contributed by atoms with van der Waals surface area (Å²) in [6, 6.07) is 3.13. The van der Waals surface area contributed by atoms with Crippen molar-refractivity contribution in [3.05, 3.63) is 28.0 Å². The van der Waals surface area contributed by atoms with Crippen LogP contribution >= 0.6 is 28.1 Å². The summed E-state index contributed by atoms with van der Waals surface area (Å²) in [5, 5.41) is 6.62. The molecule has 0 radical (unpaired) electrons. The average molecular weight is 335 g/mol. The number of hydrogen-bond donors (Lipinski definition) is 2. The molecule has 0 fully saturated rings. The van der Waals surface area contributed by atoms with Crippen LogP contribution in [0, 0.1) is 12.7 Å². The second-order valence-electron chi connectivity index (χ2n) is 3.81. The predicted octanol–water partition coefficient (Wildman–Crippen LogP) is 3.22. The average Bonchev–Trinajstić information content (AvgIpc) is 2.32. The molecule has 0 saturated carbocycles. The molecule has 0 aliphatic carbocycles. The number of methoxy groups -OCH3 is 1. The molecule has 0 heterocycles. The zero-order valence-corrected chi connectivity index (χ0v) is 12.8. The summed E-state index contributed by atoms with van der Waals surface area (Å²) in [5.41, 5.74) is 1.59. The molecular weight excluding hydrogens is 319 g/mol. The first-order valence-electron chi connectivity index (χ1n) is 5.54. The molecule has 0 aliphatic rings. The van der Waals surface area contributed by atoms with Crippen LogP contribution in [-0.2, 0) is 4.74 Å². The Balaban J connectivity index is 2.51. The van der Waals surface area contributed by atoms with E-state index in [1.54, 1.807) is 13.2 Å². The minimum Gasteiger partial charge on any atom is -0.385 e. The zero-order valence-electron chi connectivity index (χ0n) is 10.3. The first-order chi connectivity index (χ1) is 8.54. The van der Waals surface area contributed by atoms with Gasteiger partial charge in [-0.1, -0.05) is 0 Å². The SMILES string of the molecule is COCCCNC(=S)Nc1cc(Br)c(F)cc1C. The number of anilines is 1. The van der Waals surface area contributed by atoms with E-state index >= 15 is 0 Å². The van der Waals surface area contributed by atoms with Gasteiger partial charge in [0.2, 0.25) is 0 Å². The van der Waals surface area contributed by atoms with Crippen molar-refractivity contribution < 1.29 is 9.13 Å². The standard InChI is InChI=1S/C12H16BrFN2OS/c1-8-6-10(14)9(13)7-11(8)16-12(18)15-4-3-5-17-2/h6-7H,3-5H2,1-2H3,(H2,15,16,18). The molecule has 1 aromatic rings. The lowest BCUT2D eigenvalue weighted by Crippen LogP contribution is -2.30. The van der Waals surface area contributed by atoms with Gasteiger partial charge in [-0.25, -0.2) is 4.39 Å². The van der Waals surface area contributed by atoms with Crippen molar-refractivity contribution in [2.45, 2.75) is 13.3 Å². The second kappa shape index (κ2) is 7.66. The molecule has 1 rings (SSSR count). The van der Waals surface area contributed by atoms with E-state index in [0.717, 1.165) is 24.2 Å². The molecule has 0 aromatic heterocycles. The van der Waals surface area contributed by atoms with Crippen LogP contribution in [0.5, 0.6) is 0 Å². The highest BCUT2D eigenvalue weighted by Crippen LogP contribution is 2.24. The maximum atomic E-state index is 13.2. The minimum atomic E-state index is -0.281. The van der Waals surface area contributed by atoms with Gasteiger partial charge in [-0.15, -0.1) is 0 Å². The Bertz CT molecular complexity index is 429. The molecule has 0 atom stereocenters. The van der Waals surface area contributed by atoms with Crippen molar-refractivity contribution in [2.24, 2.45) is 0 Å². The fraction of sp³-hybridized carbons (Fsp3) is 0.417. The molecule has 6 heteroatoms. The number of hydrogen-bond acceptors (Lipinski definition) is 2. The molecule has 1 aromatic carbocycles. The summed E-state index contributed by atoms with van der Waals surface area (Å²) in [6.45, 7) is 3.25. The number of rotatable bonds is 5. The van der Waals surface area contributed by atoms with Gasteiger partial charge in [0.1, 0.15) is 5.82 Å². The van der Waals surface area contributed by atoms with Crippen molar-refractivity contribution in [3.63, 3.8) is 0 Å². The quantitative estimate of drug-likeness (QED) is 0.639. The largest absolute Gasteiger partial charge is 0.385 e. The first-order valence-corrected chi connectivity index (χ1v) is 6.74. The molecule has 0 bridgehead atoms. The van der Waals surface area contributed by atoms with Crippen LogP contribution in [0.25, 0.3) is 0 Å². The lowest BCUT2D eigenvalue weighted by atomic mass is 10.2. The summed E-state index contributed by atoms with van der Waals surface area (Å²) < 4.78 is 18.6. The Kier molecular flexibility index (Phi) is 6.52. The Hall–Kier alpha value is -0.720. The highest BCUT2D eigenvalue weighted by molar-refractivity contribution is 9.10. The van der Waals surface area contributed by atoms with Gasteiger partial charge in [-0.3, -0.25) is 0 Å². The first kappa shape index (κ1) is 15.3. The van der Waals surface area contributed by atoms with Crippen LogP contribution in [0.2, 0.25) is 0 Å². The van der Waals surface area contributed by atoms with E-state index in [9.17, 15) is 4.39 Å². The van der Waals surface area contributed by atoms with Crippen molar-refractivity contribution in [1.82, 2.24) is 5.32 Å². The lowest BCUT2D eigenvalue weighted by Gasteiger charge is -2.13. The molecule has 2 N–H and O–H groups in total. The van der Waals surface area contributed by atoms with Crippen LogP contribution in [0.3, 0.4) is 0 Å². The Morgan fingerprint density at radius 1 is 1.50 bits per heavy atom. The van der Waals surface area contributed by atoms with Gasteiger partial charge in [-0.2, -0.15) is 0 Å². The summed E-state index contributed by atoms with van der Waals surface area (Å²) in [4.78, 5) is 0. The normalized spacial score (nSPS) is 10.2. The Morgan fingerprint density at radius 3 is 2.89 bits per heavy atom. The van der Waals surface area contributed by atoms with E-state index in [0.29, 0.717) is 16.2 Å². The molecular formula is C12H16BrFN2OS. The second-order valence-corrected chi connectivity index (χ2v) is 5.07. The molecule has 100 valence electrons. The highest BCUT2D eigenvalue weighted by Gasteiger charge is 2.06. The lowest BCUT2D eigenvalue weighted by molar-refractivity contribution is 0.196. The van der Waals surface area contributed by atoms with E-state index in [-0.39, 0.29) is 5.82 Å². The van der Waals surface area contributed by atoms with Crippen LogP contribution in [0.1, 0.15) is 12.0 Å². The topological polar surface area (TPSA) is 33.3 Å². The Labute approximate surface area is 120 Å². The number of nitrogens with one attached hydrogen (secondary N) is 2. The molecule has 0 amide bonds. The van der Waals surface area contributed by atoms with E-state index in [1.165, 1.54) is 6.07 Å². The van der Waals surface area contributed by atoms with Crippen LogP contribution in [-0.4, -0.2) is 25.4 Å². The summed E-state index contributed by atoms with van der Waals surface area (Å²) >= 11 is 8.30.